The maximum Gasteiger partial charge on any atom is 0.434 e. The molecular weight excluding hydrogens is 395 g/mol. The van der Waals surface area contributed by atoms with Crippen LogP contribution in [0.15, 0.2) is 49.3 Å². The average Bonchev–Trinajstić information content (AvgIpc) is 3.36. The second-order valence-electron chi connectivity index (χ2n) is 7.57. The smallest absolute Gasteiger partial charge is 0.368 e. The molecule has 4 aromatic heterocycles. The second kappa shape index (κ2) is 7.19. The van der Waals surface area contributed by atoms with E-state index in [9.17, 15) is 13.2 Å². The van der Waals surface area contributed by atoms with Crippen molar-refractivity contribution in [3.8, 4) is 0 Å². The van der Waals surface area contributed by atoms with Crippen molar-refractivity contribution in [1.82, 2.24) is 23.8 Å². The molecule has 4 heterocycles. The number of pyridine rings is 1. The van der Waals surface area contributed by atoms with Crippen LogP contribution in [0.2, 0.25) is 0 Å². The van der Waals surface area contributed by atoms with Gasteiger partial charge in [0.1, 0.15) is 17.0 Å². The van der Waals surface area contributed by atoms with Gasteiger partial charge < -0.3 is 15.0 Å². The van der Waals surface area contributed by atoms with Crippen molar-refractivity contribution in [1.29, 1.82) is 0 Å². The van der Waals surface area contributed by atoms with Crippen molar-refractivity contribution in [2.75, 3.05) is 10.6 Å². The summed E-state index contributed by atoms with van der Waals surface area (Å²) in [5.74, 6) is 1.39. The lowest BCUT2D eigenvalue weighted by molar-refractivity contribution is -0.140. The summed E-state index contributed by atoms with van der Waals surface area (Å²) in [6, 6.07) is 5.40. The first-order valence-corrected chi connectivity index (χ1v) is 9.82. The zero-order valence-electron chi connectivity index (χ0n) is 16.0. The van der Waals surface area contributed by atoms with Crippen molar-refractivity contribution < 1.29 is 13.2 Å². The molecule has 0 aromatic carbocycles. The molecule has 7 nitrogen and oxygen atoms in total. The van der Waals surface area contributed by atoms with Crippen molar-refractivity contribution in [2.24, 2.45) is 0 Å². The molecule has 0 spiro atoms. The Morgan fingerprint density at radius 2 is 1.93 bits per heavy atom. The minimum absolute atomic E-state index is 0.128. The van der Waals surface area contributed by atoms with E-state index in [0.29, 0.717) is 5.82 Å². The molecule has 10 heteroatoms. The fourth-order valence-corrected chi connectivity index (χ4v) is 4.08. The number of hydrogen-bond acceptors (Lipinski definition) is 5. The predicted octanol–water partition coefficient (Wildman–Crippen LogP) is 4.23. The number of imidazole rings is 2. The van der Waals surface area contributed by atoms with E-state index in [2.05, 4.69) is 25.6 Å². The Morgan fingerprint density at radius 3 is 2.77 bits per heavy atom. The van der Waals surface area contributed by atoms with Crippen LogP contribution in [0.3, 0.4) is 0 Å². The normalized spacial score (nSPS) is 20.0. The van der Waals surface area contributed by atoms with Gasteiger partial charge in [-0.2, -0.15) is 13.2 Å². The number of fused-ring (bicyclic) bond motifs is 2. The molecule has 2 atom stereocenters. The Morgan fingerprint density at radius 1 is 1.10 bits per heavy atom. The summed E-state index contributed by atoms with van der Waals surface area (Å²) in [6.07, 6.45) is 7.43. The third-order valence-electron chi connectivity index (χ3n) is 5.49. The minimum Gasteiger partial charge on any atom is -0.368 e. The molecule has 5 rings (SSSR count). The number of alkyl halides is 3. The Hall–Kier alpha value is -3.30. The number of rotatable bonds is 4. The van der Waals surface area contributed by atoms with Gasteiger partial charge in [0.2, 0.25) is 0 Å². The van der Waals surface area contributed by atoms with Gasteiger partial charge >= 0.3 is 6.18 Å². The van der Waals surface area contributed by atoms with Gasteiger partial charge in [-0.1, -0.05) is 6.07 Å². The summed E-state index contributed by atoms with van der Waals surface area (Å²) < 4.78 is 42.5. The maximum absolute atomic E-state index is 13.0. The van der Waals surface area contributed by atoms with E-state index in [4.69, 9.17) is 0 Å². The lowest BCUT2D eigenvalue weighted by Gasteiger charge is -2.31. The molecule has 0 radical (unpaired) electrons. The van der Waals surface area contributed by atoms with E-state index in [0.717, 1.165) is 43.2 Å². The molecule has 0 bridgehead atoms. The predicted molar refractivity (Wildman–Crippen MR) is 106 cm³/mol. The van der Waals surface area contributed by atoms with Crippen LogP contribution in [0.4, 0.5) is 24.8 Å². The highest BCUT2D eigenvalue weighted by atomic mass is 19.4. The zero-order chi connectivity index (χ0) is 20.7. The van der Waals surface area contributed by atoms with Gasteiger partial charge in [0.15, 0.2) is 11.5 Å². The van der Waals surface area contributed by atoms with Gasteiger partial charge in [0.25, 0.3) is 0 Å². The zero-order valence-corrected chi connectivity index (χ0v) is 16.0. The molecule has 1 saturated carbocycles. The third-order valence-corrected chi connectivity index (χ3v) is 5.49. The first-order valence-electron chi connectivity index (χ1n) is 9.82. The van der Waals surface area contributed by atoms with Gasteiger partial charge in [-0.3, -0.25) is 4.40 Å². The standard InChI is InChI=1S/C20H20F3N7/c21-20(22,23)16-11-30-17(5-2-6-18(30)28-16)26-13-3-1-4-14(9-13)27-19-15-10-24-12-29(15)8-7-25-19/h2,5-8,10-14,26H,1,3-4,9H2,(H,25,27). The molecule has 1 fully saturated rings. The summed E-state index contributed by atoms with van der Waals surface area (Å²) in [6.45, 7) is 0. The van der Waals surface area contributed by atoms with Crippen LogP contribution in [0.1, 0.15) is 31.4 Å². The minimum atomic E-state index is -4.47. The van der Waals surface area contributed by atoms with Crippen LogP contribution in [0.25, 0.3) is 11.2 Å². The highest BCUT2D eigenvalue weighted by molar-refractivity contribution is 5.66. The van der Waals surface area contributed by atoms with Crippen LogP contribution in [-0.4, -0.2) is 35.8 Å². The summed E-state index contributed by atoms with van der Waals surface area (Å²) in [7, 11) is 0. The summed E-state index contributed by atoms with van der Waals surface area (Å²) in [4.78, 5) is 12.3. The quantitative estimate of drug-likeness (QED) is 0.522. The fourth-order valence-electron chi connectivity index (χ4n) is 4.08. The number of anilines is 2. The van der Waals surface area contributed by atoms with E-state index < -0.39 is 11.9 Å². The number of aromatic nitrogens is 5. The van der Waals surface area contributed by atoms with Crippen molar-refractivity contribution in [3.05, 3.63) is 55.0 Å². The topological polar surface area (TPSA) is 71.5 Å². The van der Waals surface area contributed by atoms with Gasteiger partial charge in [0.05, 0.1) is 12.5 Å². The van der Waals surface area contributed by atoms with Crippen LogP contribution in [0, 0.1) is 0 Å². The Kier molecular flexibility index (Phi) is 4.48. The van der Waals surface area contributed by atoms with Crippen molar-refractivity contribution in [3.63, 3.8) is 0 Å². The fraction of sp³-hybridized carbons (Fsp3) is 0.350. The molecular formula is C20H20F3N7. The Labute approximate surface area is 170 Å². The van der Waals surface area contributed by atoms with Crippen LogP contribution in [-0.2, 0) is 6.18 Å². The van der Waals surface area contributed by atoms with E-state index >= 15 is 0 Å². The molecule has 0 saturated heterocycles. The summed E-state index contributed by atoms with van der Waals surface area (Å²) in [5.41, 5.74) is 0.296. The lowest BCUT2D eigenvalue weighted by atomic mass is 9.91. The van der Waals surface area contributed by atoms with Gasteiger partial charge in [0, 0.05) is 30.7 Å². The molecule has 0 aliphatic heterocycles. The number of nitrogens with one attached hydrogen (secondary N) is 2. The second-order valence-corrected chi connectivity index (χ2v) is 7.57. The van der Waals surface area contributed by atoms with Crippen LogP contribution >= 0.6 is 0 Å². The lowest BCUT2D eigenvalue weighted by Crippen LogP contribution is -2.35. The van der Waals surface area contributed by atoms with E-state index in [1.165, 1.54) is 4.40 Å². The molecule has 4 aromatic rings. The van der Waals surface area contributed by atoms with Gasteiger partial charge in [-0.15, -0.1) is 0 Å². The largest absolute Gasteiger partial charge is 0.434 e. The van der Waals surface area contributed by atoms with Gasteiger partial charge in [-0.05, 0) is 37.8 Å². The summed E-state index contributed by atoms with van der Waals surface area (Å²) in [5, 5.41) is 6.92. The monoisotopic (exact) mass is 415 g/mol. The van der Waals surface area contributed by atoms with Crippen molar-refractivity contribution >= 4 is 22.8 Å². The Balaban J connectivity index is 1.33. The van der Waals surface area contributed by atoms with E-state index in [1.54, 1.807) is 36.9 Å². The number of halogens is 3. The SMILES string of the molecule is FC(F)(F)c1cn2c(NC3CCCC(Nc4nccn5cncc45)C3)cccc2n1. The number of hydrogen-bond donors (Lipinski definition) is 2. The first-order chi connectivity index (χ1) is 14.5. The molecule has 0 amide bonds. The molecule has 1 aliphatic rings. The molecule has 1 aliphatic carbocycles. The molecule has 2 unspecified atom stereocenters. The van der Waals surface area contributed by atoms with Crippen LogP contribution in [0.5, 0.6) is 0 Å². The third kappa shape index (κ3) is 3.53. The highest BCUT2D eigenvalue weighted by Gasteiger charge is 2.34. The van der Waals surface area contributed by atoms with E-state index in [1.807, 2.05) is 10.6 Å². The molecule has 156 valence electrons. The average molecular weight is 415 g/mol. The van der Waals surface area contributed by atoms with E-state index in [-0.39, 0.29) is 17.7 Å². The Bertz CT molecular complexity index is 1180. The summed E-state index contributed by atoms with van der Waals surface area (Å²) >= 11 is 0. The molecule has 2 N–H and O–H groups in total. The van der Waals surface area contributed by atoms with Crippen LogP contribution < -0.4 is 10.6 Å². The van der Waals surface area contributed by atoms with Crippen molar-refractivity contribution in [2.45, 2.75) is 43.9 Å². The highest BCUT2D eigenvalue weighted by Crippen LogP contribution is 2.30. The molecule has 30 heavy (non-hydrogen) atoms. The number of nitrogens with zero attached hydrogens (tertiary/aromatic N) is 5. The maximum atomic E-state index is 13.0. The van der Waals surface area contributed by atoms with Gasteiger partial charge in [-0.25, -0.2) is 15.0 Å². The first kappa shape index (κ1) is 18.7.